The van der Waals surface area contributed by atoms with Gasteiger partial charge in [-0.05, 0) is 117 Å². The number of rotatable bonds is 6. The molecule has 10 atom stereocenters. The topological polar surface area (TPSA) is 53.0 Å². The molecule has 0 N–H and O–H groups in total. The number of hydrogen-bond donors (Lipinski definition) is 0. The van der Waals surface area contributed by atoms with Crippen LogP contribution in [-0.2, 0) is 9.59 Å². The first-order valence-corrected chi connectivity index (χ1v) is 19.6. The molecule has 0 aromatic heterocycles. The van der Waals surface area contributed by atoms with Crippen molar-refractivity contribution in [1.82, 2.24) is 5.01 Å². The number of aryl methyl sites for hydroxylation is 1. The van der Waals surface area contributed by atoms with Gasteiger partial charge in [-0.3, -0.25) is 14.5 Å². The molecule has 6 rings (SSSR count). The maximum atomic E-state index is 13.7. The van der Waals surface area contributed by atoms with Gasteiger partial charge in [-0.1, -0.05) is 83.3 Å². The fourth-order valence-corrected chi connectivity index (χ4v) is 13.7. The molecule has 2 amide bonds. The predicted octanol–water partition coefficient (Wildman–Crippen LogP) is 10.2. The second kappa shape index (κ2) is 12.7. The Morgan fingerprint density at radius 1 is 1.00 bits per heavy atom. The summed E-state index contributed by atoms with van der Waals surface area (Å²) in [5.74, 6) is 4.23. The molecule has 4 aliphatic carbocycles. The van der Waals surface area contributed by atoms with E-state index in [-0.39, 0.29) is 28.5 Å². The van der Waals surface area contributed by atoms with E-state index in [0.717, 1.165) is 54.7 Å². The molecule has 0 unspecified atom stereocenters. The van der Waals surface area contributed by atoms with Gasteiger partial charge in [0.15, 0.2) is 5.17 Å². The minimum absolute atomic E-state index is 0.0333. The molecule has 0 bridgehead atoms. The molecule has 4 saturated carbocycles. The maximum absolute atomic E-state index is 13.7. The summed E-state index contributed by atoms with van der Waals surface area (Å²) in [4.78, 5) is 28.2. The van der Waals surface area contributed by atoms with Gasteiger partial charge in [0.25, 0.3) is 0 Å². The number of amidine groups is 1. The van der Waals surface area contributed by atoms with Crippen LogP contribution in [0.15, 0.2) is 29.4 Å². The van der Waals surface area contributed by atoms with Crippen LogP contribution in [0.5, 0.6) is 0 Å². The lowest BCUT2D eigenvalue weighted by atomic mass is 9.43. The van der Waals surface area contributed by atoms with Crippen molar-refractivity contribution in [2.75, 3.05) is 4.90 Å². The second-order valence-corrected chi connectivity index (χ2v) is 18.8. The normalized spacial score (nSPS) is 39.1. The quantitative estimate of drug-likeness (QED) is 0.284. The van der Waals surface area contributed by atoms with Crippen molar-refractivity contribution >= 4 is 46.0 Å². The number of thioether (sulfide) groups is 1. The standard InChI is InChI=1S/C39H58ClN3O2S/c1-24(2)10-9-11-26(4)32-16-17-33-31-23-39(35-22-29(40)18-20-38(35,8)34(31)19-21-37(32,33)7)43(28(6)45)41-36(46-39)42(27(5)44)30-14-12-25(3)13-15-30/h12-15,24,26,29,31-35H,9-11,16-23H2,1-8H3/t26-,29+,31+,32-,33+,34+,35+,37-,38-,39-/m1/s1. The summed E-state index contributed by atoms with van der Waals surface area (Å²) in [6, 6.07) is 8.06. The molecule has 7 heteroatoms. The van der Waals surface area contributed by atoms with Crippen LogP contribution < -0.4 is 4.90 Å². The van der Waals surface area contributed by atoms with E-state index in [1.165, 1.54) is 44.9 Å². The highest BCUT2D eigenvalue weighted by atomic mass is 35.5. The second-order valence-electron chi connectivity index (χ2n) is 16.9. The van der Waals surface area contributed by atoms with Gasteiger partial charge in [0.1, 0.15) is 4.87 Å². The van der Waals surface area contributed by atoms with Gasteiger partial charge in [0.05, 0.1) is 5.69 Å². The summed E-state index contributed by atoms with van der Waals surface area (Å²) >= 11 is 8.74. The minimum Gasteiger partial charge on any atom is -0.274 e. The number of benzene rings is 1. The zero-order chi connectivity index (χ0) is 33.2. The third kappa shape index (κ3) is 5.67. The van der Waals surface area contributed by atoms with Crippen molar-refractivity contribution in [3.8, 4) is 0 Å². The monoisotopic (exact) mass is 667 g/mol. The number of carbonyl (C=O) groups excluding carboxylic acids is 2. The van der Waals surface area contributed by atoms with Crippen LogP contribution in [0.1, 0.15) is 125 Å². The van der Waals surface area contributed by atoms with Gasteiger partial charge in [-0.25, -0.2) is 5.01 Å². The van der Waals surface area contributed by atoms with E-state index in [1.807, 2.05) is 29.3 Å². The molecule has 1 aliphatic heterocycles. The lowest BCUT2D eigenvalue weighted by molar-refractivity contribution is -0.164. The highest BCUT2D eigenvalue weighted by Crippen LogP contribution is 2.73. The number of carbonyl (C=O) groups is 2. The molecule has 46 heavy (non-hydrogen) atoms. The van der Waals surface area contributed by atoms with Crippen molar-refractivity contribution in [2.24, 2.45) is 57.4 Å². The summed E-state index contributed by atoms with van der Waals surface area (Å²) in [7, 11) is 0. The number of amides is 2. The van der Waals surface area contributed by atoms with Gasteiger partial charge in [0.2, 0.25) is 11.8 Å². The van der Waals surface area contributed by atoms with Crippen LogP contribution in [-0.4, -0.2) is 32.2 Å². The third-order valence-corrected chi connectivity index (χ3v) is 15.6. The zero-order valence-corrected chi connectivity index (χ0v) is 31.2. The molecular formula is C39H58ClN3O2S. The van der Waals surface area contributed by atoms with Crippen molar-refractivity contribution in [2.45, 2.75) is 136 Å². The number of halogens is 1. The van der Waals surface area contributed by atoms with E-state index in [1.54, 1.807) is 30.5 Å². The molecule has 254 valence electrons. The molecule has 0 radical (unpaired) electrons. The first-order chi connectivity index (χ1) is 21.7. The molecule has 0 saturated heterocycles. The Balaban J connectivity index is 1.38. The first kappa shape index (κ1) is 34.3. The average molecular weight is 668 g/mol. The highest BCUT2D eigenvalue weighted by Gasteiger charge is 2.69. The largest absolute Gasteiger partial charge is 0.274 e. The van der Waals surface area contributed by atoms with Crippen LogP contribution in [0.3, 0.4) is 0 Å². The van der Waals surface area contributed by atoms with Crippen molar-refractivity contribution < 1.29 is 9.59 Å². The summed E-state index contributed by atoms with van der Waals surface area (Å²) in [6.45, 7) is 17.7. The smallest absolute Gasteiger partial charge is 0.240 e. The van der Waals surface area contributed by atoms with Crippen LogP contribution in [0.25, 0.3) is 0 Å². The number of fused-ring (bicyclic) bond motifs is 6. The van der Waals surface area contributed by atoms with E-state index < -0.39 is 4.87 Å². The molecule has 1 aromatic carbocycles. The van der Waals surface area contributed by atoms with Crippen LogP contribution in [0.2, 0.25) is 0 Å². The number of hydrogen-bond acceptors (Lipinski definition) is 4. The van der Waals surface area contributed by atoms with Crippen molar-refractivity contribution in [3.05, 3.63) is 29.8 Å². The SMILES string of the molecule is CC(=O)N(C1=NN(C(C)=O)[C@]2(C[C@H]3[C@@H]4CC[C@H]([C@H](C)CCCC(C)C)[C@@]4(C)CC[C@@H]3[C@@]3(C)CC[C@H](Cl)C[C@@H]32)S1)c1ccc(C)cc1. The molecule has 1 spiro atoms. The van der Waals surface area contributed by atoms with E-state index in [4.69, 9.17) is 16.7 Å². The average Bonchev–Trinajstić information content (AvgIpc) is 3.53. The van der Waals surface area contributed by atoms with E-state index in [0.29, 0.717) is 28.3 Å². The Bertz CT molecular complexity index is 1350. The Morgan fingerprint density at radius 3 is 2.33 bits per heavy atom. The van der Waals surface area contributed by atoms with Crippen LogP contribution in [0.4, 0.5) is 5.69 Å². The van der Waals surface area contributed by atoms with Crippen molar-refractivity contribution in [3.63, 3.8) is 0 Å². The zero-order valence-electron chi connectivity index (χ0n) is 29.7. The Morgan fingerprint density at radius 2 is 1.67 bits per heavy atom. The summed E-state index contributed by atoms with van der Waals surface area (Å²) in [6.07, 6.45) is 13.2. The van der Waals surface area contributed by atoms with E-state index in [2.05, 4.69) is 41.5 Å². The number of hydrazone groups is 1. The molecule has 5 nitrogen and oxygen atoms in total. The van der Waals surface area contributed by atoms with Crippen molar-refractivity contribution in [1.29, 1.82) is 0 Å². The van der Waals surface area contributed by atoms with Crippen LogP contribution >= 0.6 is 23.4 Å². The van der Waals surface area contributed by atoms with Gasteiger partial charge in [-0.15, -0.1) is 16.7 Å². The molecule has 5 aliphatic rings. The summed E-state index contributed by atoms with van der Waals surface area (Å²) in [5.41, 5.74) is 2.36. The molecular weight excluding hydrogens is 610 g/mol. The van der Waals surface area contributed by atoms with Gasteiger partial charge in [-0.2, -0.15) is 0 Å². The molecule has 4 fully saturated rings. The number of anilines is 1. The summed E-state index contributed by atoms with van der Waals surface area (Å²) in [5, 5.41) is 7.65. The van der Waals surface area contributed by atoms with E-state index in [9.17, 15) is 9.59 Å². The third-order valence-electron chi connectivity index (χ3n) is 13.8. The fraction of sp³-hybridized carbons (Fsp3) is 0.769. The minimum atomic E-state index is -0.539. The highest BCUT2D eigenvalue weighted by molar-refractivity contribution is 8.15. The molecule has 1 heterocycles. The van der Waals surface area contributed by atoms with Gasteiger partial charge >= 0.3 is 0 Å². The Labute approximate surface area is 288 Å². The Hall–Kier alpha value is -1.53. The number of nitrogens with zero attached hydrogens (tertiary/aromatic N) is 3. The predicted molar refractivity (Wildman–Crippen MR) is 193 cm³/mol. The lowest BCUT2D eigenvalue weighted by Gasteiger charge is -2.66. The number of alkyl halides is 1. The van der Waals surface area contributed by atoms with Gasteiger partial charge < -0.3 is 0 Å². The van der Waals surface area contributed by atoms with Gasteiger partial charge in [0, 0.05) is 25.1 Å². The van der Waals surface area contributed by atoms with E-state index >= 15 is 0 Å². The molecule has 1 aromatic rings. The lowest BCUT2D eigenvalue weighted by Crippen LogP contribution is -2.65. The first-order valence-electron chi connectivity index (χ1n) is 18.3. The van der Waals surface area contributed by atoms with Crippen LogP contribution in [0, 0.1) is 59.2 Å². The summed E-state index contributed by atoms with van der Waals surface area (Å²) < 4.78 is 0. The Kier molecular flexibility index (Phi) is 9.50. The fourth-order valence-electron chi connectivity index (χ4n) is 11.6. The maximum Gasteiger partial charge on any atom is 0.240 e.